The molecule has 0 atom stereocenters. The van der Waals surface area contributed by atoms with E-state index in [2.05, 4.69) is 19.1 Å². The quantitative estimate of drug-likeness (QED) is 0.696. The fourth-order valence-electron chi connectivity index (χ4n) is 1.12. The van der Waals surface area contributed by atoms with Gasteiger partial charge in [0.05, 0.1) is 0 Å². The molecule has 0 aliphatic carbocycles. The fraction of sp³-hybridized carbons (Fsp3) is 0.300. The van der Waals surface area contributed by atoms with Crippen molar-refractivity contribution in [2.75, 3.05) is 0 Å². The Kier molecular flexibility index (Phi) is 3.12. The third-order valence-electron chi connectivity index (χ3n) is 1.69. The lowest BCUT2D eigenvalue weighted by Crippen LogP contribution is -1.96. The second-order valence-electron chi connectivity index (χ2n) is 2.63. The second-order valence-corrected chi connectivity index (χ2v) is 2.63. The molecule has 1 radical (unpaired) electrons. The molecule has 59 valence electrons. The van der Waals surface area contributed by atoms with E-state index in [-0.39, 0.29) is 0 Å². The molecule has 0 amide bonds. The third kappa shape index (κ3) is 2.35. The van der Waals surface area contributed by atoms with E-state index in [0.29, 0.717) is 6.54 Å². The zero-order valence-electron chi connectivity index (χ0n) is 6.72. The Morgan fingerprint density at radius 2 is 2.00 bits per heavy atom. The first-order valence-electron chi connectivity index (χ1n) is 3.94. The van der Waals surface area contributed by atoms with Crippen molar-refractivity contribution in [1.29, 1.82) is 0 Å². The van der Waals surface area contributed by atoms with Crippen molar-refractivity contribution < 1.29 is 0 Å². The van der Waals surface area contributed by atoms with Gasteiger partial charge in [0.25, 0.3) is 0 Å². The number of rotatable bonds is 3. The normalized spacial score (nSPS) is 10.0. The van der Waals surface area contributed by atoms with Crippen LogP contribution in [0.3, 0.4) is 0 Å². The van der Waals surface area contributed by atoms with E-state index in [1.807, 2.05) is 12.1 Å². The van der Waals surface area contributed by atoms with Crippen molar-refractivity contribution in [2.45, 2.75) is 19.4 Å². The van der Waals surface area contributed by atoms with Crippen molar-refractivity contribution in [1.82, 2.24) is 0 Å². The predicted molar refractivity (Wildman–Crippen MR) is 48.0 cm³/mol. The van der Waals surface area contributed by atoms with E-state index in [1.165, 1.54) is 11.1 Å². The molecule has 0 unspecified atom stereocenters. The standard InChI is InChI=1S/C10H14N/c1-2-4-9-5-3-6-10(7-9)8-11/h3,5-7H,1-2,4,8,11H2. The van der Waals surface area contributed by atoms with Crippen LogP contribution < -0.4 is 5.73 Å². The van der Waals surface area contributed by atoms with Crippen LogP contribution in [0.25, 0.3) is 0 Å². The summed E-state index contributed by atoms with van der Waals surface area (Å²) in [7, 11) is 0. The molecule has 0 fully saturated rings. The first-order valence-corrected chi connectivity index (χ1v) is 3.94. The zero-order valence-corrected chi connectivity index (χ0v) is 6.72. The molecule has 0 saturated carbocycles. The number of aryl methyl sites for hydroxylation is 1. The maximum absolute atomic E-state index is 5.50. The summed E-state index contributed by atoms with van der Waals surface area (Å²) in [6, 6.07) is 8.36. The van der Waals surface area contributed by atoms with E-state index in [9.17, 15) is 0 Å². The molecule has 1 aromatic carbocycles. The van der Waals surface area contributed by atoms with E-state index >= 15 is 0 Å². The Bertz CT molecular complexity index is 218. The smallest absolute Gasteiger partial charge is 0.0178 e. The Morgan fingerprint density at radius 1 is 1.27 bits per heavy atom. The molecule has 2 N–H and O–H groups in total. The molecule has 1 heteroatoms. The summed E-state index contributed by atoms with van der Waals surface area (Å²) < 4.78 is 0. The van der Waals surface area contributed by atoms with Gasteiger partial charge in [-0.1, -0.05) is 31.2 Å². The molecule has 0 spiro atoms. The topological polar surface area (TPSA) is 26.0 Å². The molecule has 1 rings (SSSR count). The molecule has 0 bridgehead atoms. The van der Waals surface area contributed by atoms with Gasteiger partial charge in [0.1, 0.15) is 0 Å². The van der Waals surface area contributed by atoms with Crippen LogP contribution in [0.2, 0.25) is 0 Å². The average Bonchev–Trinajstić information content (AvgIpc) is 2.06. The molecular weight excluding hydrogens is 134 g/mol. The SMILES string of the molecule is [CH2]CCc1cccc(CN)c1. The largest absolute Gasteiger partial charge is 0.326 e. The summed E-state index contributed by atoms with van der Waals surface area (Å²) in [5.74, 6) is 0. The van der Waals surface area contributed by atoms with Crippen molar-refractivity contribution in [2.24, 2.45) is 5.73 Å². The molecule has 0 aliphatic heterocycles. The number of benzene rings is 1. The monoisotopic (exact) mass is 148 g/mol. The lowest BCUT2D eigenvalue weighted by atomic mass is 10.1. The molecule has 0 aromatic heterocycles. The predicted octanol–water partition coefficient (Wildman–Crippen LogP) is 1.91. The third-order valence-corrected chi connectivity index (χ3v) is 1.69. The Hall–Kier alpha value is -0.820. The van der Waals surface area contributed by atoms with Crippen LogP contribution in [0.1, 0.15) is 17.5 Å². The first kappa shape index (κ1) is 8.28. The summed E-state index contributed by atoms with van der Waals surface area (Å²) in [6.07, 6.45) is 2.00. The zero-order chi connectivity index (χ0) is 8.10. The van der Waals surface area contributed by atoms with Crippen LogP contribution in [0.5, 0.6) is 0 Å². The fourth-order valence-corrected chi connectivity index (χ4v) is 1.12. The van der Waals surface area contributed by atoms with Gasteiger partial charge < -0.3 is 5.73 Å². The van der Waals surface area contributed by atoms with Crippen LogP contribution in [-0.2, 0) is 13.0 Å². The Labute approximate surface area is 68.2 Å². The Balaban J connectivity index is 2.74. The second kappa shape index (κ2) is 4.14. The van der Waals surface area contributed by atoms with Crippen molar-refractivity contribution in [3.63, 3.8) is 0 Å². The van der Waals surface area contributed by atoms with Crippen LogP contribution in [-0.4, -0.2) is 0 Å². The van der Waals surface area contributed by atoms with E-state index in [4.69, 9.17) is 5.73 Å². The van der Waals surface area contributed by atoms with Crippen molar-refractivity contribution >= 4 is 0 Å². The molecule has 1 nitrogen and oxygen atoms in total. The summed E-state index contributed by atoms with van der Waals surface area (Å²) in [6.45, 7) is 4.44. The molecular formula is C10H14N. The lowest BCUT2D eigenvalue weighted by molar-refractivity contribution is 0.982. The van der Waals surface area contributed by atoms with Gasteiger partial charge in [-0.25, -0.2) is 0 Å². The van der Waals surface area contributed by atoms with E-state index in [1.54, 1.807) is 0 Å². The van der Waals surface area contributed by atoms with E-state index < -0.39 is 0 Å². The van der Waals surface area contributed by atoms with Gasteiger partial charge >= 0.3 is 0 Å². The molecule has 0 heterocycles. The van der Waals surface area contributed by atoms with Gasteiger partial charge in [-0.3, -0.25) is 0 Å². The van der Waals surface area contributed by atoms with Crippen molar-refractivity contribution in [3.05, 3.63) is 42.3 Å². The van der Waals surface area contributed by atoms with Crippen LogP contribution in [0, 0.1) is 6.92 Å². The summed E-state index contributed by atoms with van der Waals surface area (Å²) >= 11 is 0. The molecule has 0 saturated heterocycles. The number of hydrogen-bond acceptors (Lipinski definition) is 1. The maximum Gasteiger partial charge on any atom is 0.0178 e. The van der Waals surface area contributed by atoms with Crippen LogP contribution >= 0.6 is 0 Å². The summed E-state index contributed by atoms with van der Waals surface area (Å²) in [5.41, 5.74) is 8.04. The van der Waals surface area contributed by atoms with Gasteiger partial charge in [-0.2, -0.15) is 0 Å². The summed E-state index contributed by atoms with van der Waals surface area (Å²) in [4.78, 5) is 0. The van der Waals surface area contributed by atoms with E-state index in [0.717, 1.165) is 12.8 Å². The highest BCUT2D eigenvalue weighted by Crippen LogP contribution is 2.06. The van der Waals surface area contributed by atoms with Gasteiger partial charge in [-0.15, -0.1) is 0 Å². The van der Waals surface area contributed by atoms with Gasteiger partial charge in [0, 0.05) is 6.54 Å². The first-order chi connectivity index (χ1) is 5.36. The highest BCUT2D eigenvalue weighted by Gasteiger charge is 1.91. The van der Waals surface area contributed by atoms with Gasteiger partial charge in [-0.05, 0) is 24.0 Å². The maximum atomic E-state index is 5.50. The van der Waals surface area contributed by atoms with Gasteiger partial charge in [0.2, 0.25) is 0 Å². The van der Waals surface area contributed by atoms with Gasteiger partial charge in [0.15, 0.2) is 0 Å². The lowest BCUT2D eigenvalue weighted by Gasteiger charge is -2.00. The molecule has 0 aliphatic rings. The molecule has 1 aromatic rings. The molecule has 11 heavy (non-hydrogen) atoms. The van der Waals surface area contributed by atoms with Crippen LogP contribution in [0.4, 0.5) is 0 Å². The summed E-state index contributed by atoms with van der Waals surface area (Å²) in [5, 5.41) is 0. The minimum Gasteiger partial charge on any atom is -0.326 e. The van der Waals surface area contributed by atoms with Crippen LogP contribution in [0.15, 0.2) is 24.3 Å². The number of hydrogen-bond donors (Lipinski definition) is 1. The van der Waals surface area contributed by atoms with Crippen molar-refractivity contribution in [3.8, 4) is 0 Å². The number of nitrogens with two attached hydrogens (primary N) is 1. The minimum atomic E-state index is 0.630. The average molecular weight is 148 g/mol. The Morgan fingerprint density at radius 3 is 2.64 bits per heavy atom. The highest BCUT2D eigenvalue weighted by atomic mass is 14.5. The highest BCUT2D eigenvalue weighted by molar-refractivity contribution is 5.23. The minimum absolute atomic E-state index is 0.630.